The Balaban J connectivity index is 0.00000627. The average Bonchev–Trinajstić information content (AvgIpc) is 3.58. The Bertz CT molecular complexity index is 2150. The van der Waals surface area contributed by atoms with Gasteiger partial charge in [-0.05, 0) is 75.6 Å². The number of fused-ring (bicyclic) bond motifs is 2. The van der Waals surface area contributed by atoms with Crippen LogP contribution in [0.3, 0.4) is 0 Å². The molecule has 2 aromatic carbocycles. The van der Waals surface area contributed by atoms with Gasteiger partial charge in [0.25, 0.3) is 21.9 Å². The van der Waals surface area contributed by atoms with E-state index in [-0.39, 0.29) is 80.4 Å². The Morgan fingerprint density at radius 2 is 1.55 bits per heavy atom. The number of amides is 2. The minimum Gasteiger partial charge on any atom is -0.744 e. The van der Waals surface area contributed by atoms with Crippen LogP contribution in [-0.2, 0) is 50.3 Å². The number of unbranched alkanes of at least 4 members (excludes halogenated alkanes) is 2. The van der Waals surface area contributed by atoms with E-state index < -0.39 is 48.8 Å². The molecule has 16 heteroatoms. The summed E-state index contributed by atoms with van der Waals surface area (Å²) in [5, 5.41) is 0.538. The van der Waals surface area contributed by atoms with Crippen molar-refractivity contribution in [3.8, 4) is 0 Å². The van der Waals surface area contributed by atoms with Gasteiger partial charge in [0.05, 0.1) is 15.2 Å². The molecule has 3 heterocycles. The van der Waals surface area contributed by atoms with Crippen LogP contribution in [0.25, 0.3) is 0 Å². The van der Waals surface area contributed by atoms with E-state index in [4.69, 9.17) is 4.84 Å². The Morgan fingerprint density at radius 3 is 2.17 bits per heavy atom. The summed E-state index contributed by atoms with van der Waals surface area (Å²) < 4.78 is 71.1. The molecule has 13 nitrogen and oxygen atoms in total. The van der Waals surface area contributed by atoms with Crippen molar-refractivity contribution in [1.29, 1.82) is 0 Å². The molecule has 1 saturated heterocycles. The number of carbonyl (C=O) groups is 3. The molecule has 53 heavy (non-hydrogen) atoms. The Hall–Kier alpha value is -2.80. The van der Waals surface area contributed by atoms with E-state index in [1.807, 2.05) is 65.0 Å². The summed E-state index contributed by atoms with van der Waals surface area (Å²) in [4.78, 5) is 42.3. The van der Waals surface area contributed by atoms with E-state index in [9.17, 15) is 40.3 Å². The zero-order valence-electron chi connectivity index (χ0n) is 30.8. The van der Waals surface area contributed by atoms with Crippen LogP contribution in [-0.4, -0.2) is 124 Å². The molecule has 0 saturated carbocycles. The molecule has 1 radical (unpaired) electrons. The van der Waals surface area contributed by atoms with E-state index in [1.165, 1.54) is 24.3 Å². The van der Waals surface area contributed by atoms with Crippen molar-refractivity contribution < 1.29 is 49.7 Å². The van der Waals surface area contributed by atoms with Crippen molar-refractivity contribution in [2.45, 2.75) is 93.8 Å². The second-order valence-electron chi connectivity index (χ2n) is 14.0. The SMILES string of the molecule is CCN1C(=CC=CC=CC2=[N+](CCCCCC(=O)ON3C(=O)CCC3=O)c3ccc(S(=O)(=O)[O-])cc3C2(C)C)C(C)(C)c2cc(S(=O)(=O)O)ccc21.[K]. The quantitative estimate of drug-likeness (QED) is 0.0734. The van der Waals surface area contributed by atoms with Crippen molar-refractivity contribution in [3.05, 3.63) is 83.6 Å². The van der Waals surface area contributed by atoms with Gasteiger partial charge in [-0.3, -0.25) is 14.1 Å². The number of hydrogen-bond donors (Lipinski definition) is 1. The van der Waals surface area contributed by atoms with Gasteiger partial charge in [-0.15, -0.1) is 5.06 Å². The van der Waals surface area contributed by atoms with Gasteiger partial charge in [0.1, 0.15) is 16.7 Å². The summed E-state index contributed by atoms with van der Waals surface area (Å²) >= 11 is 0. The predicted molar refractivity (Wildman–Crippen MR) is 197 cm³/mol. The third-order valence-corrected chi connectivity index (χ3v) is 11.5. The summed E-state index contributed by atoms with van der Waals surface area (Å²) in [5.41, 5.74) is 3.68. The van der Waals surface area contributed by atoms with Gasteiger partial charge in [-0.1, -0.05) is 32.1 Å². The normalized spacial score (nSPS) is 18.7. The monoisotopic (exact) mass is 792 g/mol. The molecule has 2 amide bonds. The van der Waals surface area contributed by atoms with Crippen LogP contribution in [0.15, 0.2) is 82.3 Å². The maximum absolute atomic E-state index is 12.2. The topological polar surface area (TPSA) is 181 Å². The number of anilines is 1. The smallest absolute Gasteiger partial charge is 0.333 e. The molecule has 3 aliphatic rings. The number of nitrogens with zero attached hydrogens (tertiary/aromatic N) is 3. The molecule has 0 aromatic heterocycles. The predicted octanol–water partition coefficient (Wildman–Crippen LogP) is 4.81. The molecule has 2 aromatic rings. The first-order valence-electron chi connectivity index (χ1n) is 17.1. The minimum atomic E-state index is -4.69. The van der Waals surface area contributed by atoms with E-state index >= 15 is 0 Å². The summed E-state index contributed by atoms with van der Waals surface area (Å²) in [7, 11) is -9.05. The van der Waals surface area contributed by atoms with Crippen molar-refractivity contribution in [2.24, 2.45) is 0 Å². The number of imide groups is 1. The Labute approximate surface area is 353 Å². The first-order valence-corrected chi connectivity index (χ1v) is 19.9. The molecule has 5 rings (SSSR count). The first kappa shape index (κ1) is 42.9. The van der Waals surface area contributed by atoms with Gasteiger partial charge < -0.3 is 14.3 Å². The summed E-state index contributed by atoms with van der Waals surface area (Å²) in [6, 6.07) is 8.97. The van der Waals surface area contributed by atoms with Crippen molar-refractivity contribution in [2.75, 3.05) is 18.0 Å². The third-order valence-electron chi connectivity index (χ3n) is 9.82. The molecule has 0 unspecified atom stereocenters. The van der Waals surface area contributed by atoms with Crippen LogP contribution >= 0.6 is 0 Å². The number of hydrogen-bond acceptors (Lipinski definition) is 10. The summed E-state index contributed by atoms with van der Waals surface area (Å²) in [5.74, 6) is -1.72. The average molecular weight is 793 g/mol. The standard InChI is InChI=1S/C37H43N3O10S2.K/c1-6-38-29-18-16-25(51(44,45)46)23-27(29)36(2,3)31(38)13-9-7-10-14-32-37(4,5)28-24-26(52(47,48)49)17-19-30(28)39(32)22-12-8-11-15-35(43)50-40-33(41)20-21-34(40)42;/h7,9-10,13-14,16-19,23-24H,6,8,11-12,15,20-22H2,1-5H3,(H-,44,45,46,47,48,49);. The van der Waals surface area contributed by atoms with Crippen LogP contribution in [0.5, 0.6) is 0 Å². The molecule has 0 bridgehead atoms. The Morgan fingerprint density at radius 1 is 0.906 bits per heavy atom. The largest absolute Gasteiger partial charge is 0.744 e. The number of rotatable bonds is 13. The summed E-state index contributed by atoms with van der Waals surface area (Å²) in [6.07, 6.45) is 11.3. The van der Waals surface area contributed by atoms with Crippen molar-refractivity contribution in [3.63, 3.8) is 0 Å². The fraction of sp³-hybridized carbons (Fsp3) is 0.405. The second kappa shape index (κ2) is 16.5. The third kappa shape index (κ3) is 9.02. The van der Waals surface area contributed by atoms with Gasteiger partial charge >= 0.3 is 5.97 Å². The first-order chi connectivity index (χ1) is 24.3. The maximum Gasteiger partial charge on any atom is 0.333 e. The molecule has 0 spiro atoms. The van der Waals surface area contributed by atoms with E-state index in [1.54, 1.807) is 12.1 Å². The molecule has 1 fully saturated rings. The van der Waals surface area contributed by atoms with Gasteiger partial charge in [0.2, 0.25) is 5.69 Å². The van der Waals surface area contributed by atoms with Crippen molar-refractivity contribution >= 4 is 106 Å². The van der Waals surface area contributed by atoms with E-state index in [2.05, 4.69) is 9.48 Å². The van der Waals surface area contributed by atoms with E-state index in [0.29, 0.717) is 43.0 Å². The minimum absolute atomic E-state index is 0. The number of benzene rings is 2. The van der Waals surface area contributed by atoms with Crippen LogP contribution < -0.4 is 4.90 Å². The summed E-state index contributed by atoms with van der Waals surface area (Å²) in [6.45, 7) is 11.0. The molecule has 3 aliphatic heterocycles. The van der Waals surface area contributed by atoms with Crippen LogP contribution in [0, 0.1) is 0 Å². The molecular formula is C37H43KN3O10S2. The maximum atomic E-state index is 12.2. The molecule has 1 N–H and O–H groups in total. The van der Waals surface area contributed by atoms with Gasteiger partial charge in [0, 0.05) is 118 Å². The number of hydroxylamine groups is 2. The van der Waals surface area contributed by atoms with Gasteiger partial charge in [-0.2, -0.15) is 13.0 Å². The van der Waals surface area contributed by atoms with Crippen LogP contribution in [0.4, 0.5) is 11.4 Å². The number of likely N-dealkylation sites (N-methyl/N-ethyl adjacent to an activating group) is 1. The molecule has 0 aliphatic carbocycles. The number of allylic oxidation sites excluding steroid dienone is 6. The fourth-order valence-corrected chi connectivity index (χ4v) is 8.09. The molecular weight excluding hydrogens is 750 g/mol. The Kier molecular flexibility index (Phi) is 13.4. The van der Waals surface area contributed by atoms with Crippen LogP contribution in [0.2, 0.25) is 0 Å². The van der Waals surface area contributed by atoms with Gasteiger partial charge in [0.15, 0.2) is 5.71 Å². The zero-order chi connectivity index (χ0) is 38.2. The second-order valence-corrected chi connectivity index (χ2v) is 16.8. The fourth-order valence-electron chi connectivity index (χ4n) is 7.09. The van der Waals surface area contributed by atoms with Gasteiger partial charge in [-0.25, -0.2) is 13.2 Å². The molecule has 279 valence electrons. The molecule has 0 atom stereocenters. The van der Waals surface area contributed by atoms with Crippen LogP contribution in [0.1, 0.15) is 84.3 Å². The number of carbonyl (C=O) groups excluding carboxylic acids is 3. The van der Waals surface area contributed by atoms with E-state index in [0.717, 1.165) is 28.3 Å². The zero-order valence-corrected chi connectivity index (χ0v) is 35.5. The van der Waals surface area contributed by atoms with Crippen molar-refractivity contribution in [1.82, 2.24) is 5.06 Å².